The quantitative estimate of drug-likeness (QED) is 0.427. The van der Waals surface area contributed by atoms with Gasteiger partial charge in [0.05, 0.1) is 0 Å². The highest BCUT2D eigenvalue weighted by atomic mass is 79.9. The maximum atomic E-state index is 11.8. The summed E-state index contributed by atoms with van der Waals surface area (Å²) in [6.07, 6.45) is 2.41. The number of halogens is 4. The highest BCUT2D eigenvalue weighted by Crippen LogP contribution is 2.31. The van der Waals surface area contributed by atoms with Crippen molar-refractivity contribution in [3.8, 4) is 0 Å². The molecule has 0 amide bonds. The van der Waals surface area contributed by atoms with Gasteiger partial charge in [0, 0.05) is 11.4 Å². The van der Waals surface area contributed by atoms with Crippen molar-refractivity contribution in [2.24, 2.45) is 5.92 Å². The Hall–Kier alpha value is 0.230. The molecular weight excluding hydrogens is 285 g/mol. The van der Waals surface area contributed by atoms with Crippen LogP contribution >= 0.6 is 15.9 Å². The van der Waals surface area contributed by atoms with E-state index >= 15 is 0 Å². The van der Waals surface area contributed by atoms with Gasteiger partial charge in [0.2, 0.25) is 0 Å². The van der Waals surface area contributed by atoms with Gasteiger partial charge in [-0.3, -0.25) is 0 Å². The van der Waals surface area contributed by atoms with Crippen LogP contribution in [0.4, 0.5) is 13.2 Å². The van der Waals surface area contributed by atoms with Gasteiger partial charge in [0.25, 0.3) is 0 Å². The van der Waals surface area contributed by atoms with E-state index in [2.05, 4.69) is 20.7 Å². The van der Waals surface area contributed by atoms with Crippen LogP contribution in [0.15, 0.2) is 0 Å². The molecule has 0 saturated heterocycles. The van der Waals surface area contributed by atoms with Gasteiger partial charge < -0.3 is 4.74 Å². The minimum atomic E-state index is -4.20. The summed E-state index contributed by atoms with van der Waals surface area (Å²) < 4.78 is 40.1. The molecule has 1 aliphatic carbocycles. The molecule has 2 unspecified atom stereocenters. The highest BCUT2D eigenvalue weighted by Gasteiger charge is 2.28. The lowest BCUT2D eigenvalue weighted by molar-refractivity contribution is -0.174. The van der Waals surface area contributed by atoms with Gasteiger partial charge in [-0.25, -0.2) is 0 Å². The van der Waals surface area contributed by atoms with E-state index in [4.69, 9.17) is 0 Å². The fourth-order valence-electron chi connectivity index (χ4n) is 2.09. The fourth-order valence-corrected chi connectivity index (χ4v) is 2.94. The first-order chi connectivity index (χ1) is 7.49. The number of rotatable bonds is 4. The van der Waals surface area contributed by atoms with Crippen molar-refractivity contribution in [1.82, 2.24) is 0 Å². The molecule has 0 aliphatic heterocycles. The fraction of sp³-hybridized carbons (Fsp3) is 1.00. The SMILES string of the molecule is FC(F)(F)COCCC1CCCCCC1Br. The van der Waals surface area contributed by atoms with E-state index in [1.807, 2.05) is 0 Å². The van der Waals surface area contributed by atoms with Gasteiger partial charge in [0.15, 0.2) is 0 Å². The predicted octanol–water partition coefficient (Wildman–Crippen LogP) is 4.30. The highest BCUT2D eigenvalue weighted by molar-refractivity contribution is 9.09. The third kappa shape index (κ3) is 6.09. The van der Waals surface area contributed by atoms with Crippen LogP contribution in [-0.4, -0.2) is 24.2 Å². The second-order valence-electron chi connectivity index (χ2n) is 4.37. The minimum Gasteiger partial charge on any atom is -0.372 e. The molecule has 96 valence electrons. The summed E-state index contributed by atoms with van der Waals surface area (Å²) in [4.78, 5) is 0.449. The Morgan fingerprint density at radius 2 is 1.81 bits per heavy atom. The first-order valence-electron chi connectivity index (χ1n) is 5.77. The normalized spacial score (nSPS) is 27.8. The molecule has 1 fully saturated rings. The summed E-state index contributed by atoms with van der Waals surface area (Å²) in [5.74, 6) is 0.468. The second kappa shape index (κ2) is 6.84. The van der Waals surface area contributed by atoms with Crippen molar-refractivity contribution in [2.75, 3.05) is 13.2 Å². The van der Waals surface area contributed by atoms with E-state index in [1.54, 1.807) is 0 Å². The Kier molecular flexibility index (Phi) is 6.11. The number of alkyl halides is 4. The van der Waals surface area contributed by atoms with Crippen LogP contribution in [0.5, 0.6) is 0 Å². The summed E-state index contributed by atoms with van der Waals surface area (Å²) >= 11 is 3.62. The third-order valence-electron chi connectivity index (χ3n) is 2.97. The first-order valence-corrected chi connectivity index (χ1v) is 6.69. The van der Waals surface area contributed by atoms with Crippen LogP contribution in [0, 0.1) is 5.92 Å². The third-order valence-corrected chi connectivity index (χ3v) is 4.17. The zero-order valence-electron chi connectivity index (χ0n) is 9.23. The lowest BCUT2D eigenvalue weighted by Crippen LogP contribution is -2.20. The predicted molar refractivity (Wildman–Crippen MR) is 60.8 cm³/mol. The van der Waals surface area contributed by atoms with Gasteiger partial charge >= 0.3 is 6.18 Å². The summed E-state index contributed by atoms with van der Waals surface area (Å²) in [7, 11) is 0. The van der Waals surface area contributed by atoms with E-state index in [9.17, 15) is 13.2 Å². The molecule has 0 spiro atoms. The van der Waals surface area contributed by atoms with Crippen LogP contribution in [0.3, 0.4) is 0 Å². The van der Waals surface area contributed by atoms with Crippen molar-refractivity contribution in [2.45, 2.75) is 49.5 Å². The first kappa shape index (κ1) is 14.3. The van der Waals surface area contributed by atoms with Gasteiger partial charge in [0.1, 0.15) is 6.61 Å². The molecule has 1 aliphatic rings. The van der Waals surface area contributed by atoms with E-state index in [-0.39, 0.29) is 6.61 Å². The van der Waals surface area contributed by atoms with Crippen LogP contribution in [0.25, 0.3) is 0 Å². The summed E-state index contributed by atoms with van der Waals surface area (Å²) in [6, 6.07) is 0. The molecule has 5 heteroatoms. The topological polar surface area (TPSA) is 9.23 Å². The zero-order valence-corrected chi connectivity index (χ0v) is 10.8. The van der Waals surface area contributed by atoms with Gasteiger partial charge in [-0.05, 0) is 25.2 Å². The lowest BCUT2D eigenvalue weighted by Gasteiger charge is -2.19. The monoisotopic (exact) mass is 302 g/mol. The lowest BCUT2D eigenvalue weighted by atomic mass is 9.97. The average molecular weight is 303 g/mol. The maximum Gasteiger partial charge on any atom is 0.411 e. The summed E-state index contributed by atoms with van der Waals surface area (Å²) in [5, 5.41) is 0. The van der Waals surface area contributed by atoms with Crippen LogP contribution < -0.4 is 0 Å². The van der Waals surface area contributed by atoms with Crippen molar-refractivity contribution >= 4 is 15.9 Å². The Morgan fingerprint density at radius 3 is 2.50 bits per heavy atom. The smallest absolute Gasteiger partial charge is 0.372 e. The molecular formula is C11H18BrF3O. The van der Waals surface area contributed by atoms with Crippen molar-refractivity contribution in [3.05, 3.63) is 0 Å². The minimum absolute atomic E-state index is 0.215. The van der Waals surface area contributed by atoms with E-state index in [0.717, 1.165) is 19.3 Å². The molecule has 0 heterocycles. The number of hydrogen-bond acceptors (Lipinski definition) is 1. The van der Waals surface area contributed by atoms with Gasteiger partial charge in [-0.15, -0.1) is 0 Å². The Balaban J connectivity index is 2.15. The van der Waals surface area contributed by atoms with Crippen molar-refractivity contribution in [1.29, 1.82) is 0 Å². The molecule has 0 aromatic rings. The second-order valence-corrected chi connectivity index (χ2v) is 5.55. The van der Waals surface area contributed by atoms with E-state index in [1.165, 1.54) is 19.3 Å². The molecule has 0 aromatic carbocycles. The molecule has 0 N–H and O–H groups in total. The Morgan fingerprint density at radius 1 is 1.12 bits per heavy atom. The molecule has 1 rings (SSSR count). The molecule has 0 bridgehead atoms. The Labute approximate surface area is 103 Å². The van der Waals surface area contributed by atoms with Crippen LogP contribution in [-0.2, 0) is 4.74 Å². The number of ether oxygens (including phenoxy) is 1. The van der Waals surface area contributed by atoms with Crippen molar-refractivity contribution < 1.29 is 17.9 Å². The number of hydrogen-bond donors (Lipinski definition) is 0. The molecule has 0 aromatic heterocycles. The Bertz CT molecular complexity index is 196. The molecule has 2 atom stereocenters. The molecule has 1 saturated carbocycles. The van der Waals surface area contributed by atoms with Gasteiger partial charge in [-0.1, -0.05) is 35.2 Å². The van der Waals surface area contributed by atoms with Crippen LogP contribution in [0.1, 0.15) is 38.5 Å². The largest absolute Gasteiger partial charge is 0.411 e. The summed E-state index contributed by atoms with van der Waals surface area (Å²) in [5.41, 5.74) is 0. The van der Waals surface area contributed by atoms with Gasteiger partial charge in [-0.2, -0.15) is 13.2 Å². The maximum absolute atomic E-state index is 11.8. The molecule has 16 heavy (non-hydrogen) atoms. The molecule has 1 nitrogen and oxygen atoms in total. The van der Waals surface area contributed by atoms with Crippen LogP contribution in [0.2, 0.25) is 0 Å². The molecule has 0 radical (unpaired) electrons. The van der Waals surface area contributed by atoms with E-state index < -0.39 is 12.8 Å². The average Bonchev–Trinajstić information content (AvgIpc) is 2.37. The van der Waals surface area contributed by atoms with E-state index in [0.29, 0.717) is 10.7 Å². The standard InChI is InChI=1S/C11H18BrF3O/c12-10-5-3-1-2-4-9(10)6-7-16-8-11(13,14)15/h9-10H,1-8H2. The van der Waals surface area contributed by atoms with Crippen molar-refractivity contribution in [3.63, 3.8) is 0 Å². The zero-order chi connectivity index (χ0) is 12.0. The summed E-state index contributed by atoms with van der Waals surface area (Å²) in [6.45, 7) is -0.904.